The van der Waals surface area contributed by atoms with Crippen LogP contribution in [0.1, 0.15) is 12.0 Å². The molecule has 2 saturated heterocycles. The number of nitrogens with zero attached hydrogens (tertiary/aromatic N) is 3. The number of carbonyl (C=O) groups excluding carboxylic acids is 1. The first-order valence-electron chi connectivity index (χ1n) is 9.52. The van der Waals surface area contributed by atoms with Gasteiger partial charge in [0.1, 0.15) is 5.75 Å². The van der Waals surface area contributed by atoms with E-state index in [0.717, 1.165) is 44.0 Å². The fourth-order valence-corrected chi connectivity index (χ4v) is 4.31. The largest absolute Gasteiger partial charge is 0.497 e. The monoisotopic (exact) mass is 365 g/mol. The Morgan fingerprint density at radius 3 is 2.48 bits per heavy atom. The first-order valence-corrected chi connectivity index (χ1v) is 9.52. The lowest BCUT2D eigenvalue weighted by Crippen LogP contribution is -2.64. The minimum Gasteiger partial charge on any atom is -0.497 e. The van der Waals surface area contributed by atoms with Crippen LogP contribution in [0.5, 0.6) is 5.75 Å². The number of piperazine rings is 1. The minimum atomic E-state index is 0.0240. The maximum atomic E-state index is 12.6. The molecule has 1 atom stereocenters. The number of hydrogen-bond donors (Lipinski definition) is 0. The molecule has 0 aromatic heterocycles. The topological polar surface area (TPSA) is 36.0 Å². The molecule has 2 heterocycles. The van der Waals surface area contributed by atoms with Crippen LogP contribution in [0.2, 0.25) is 0 Å². The summed E-state index contributed by atoms with van der Waals surface area (Å²) in [5, 5.41) is 0. The maximum absolute atomic E-state index is 12.6. The molecule has 0 aliphatic carbocycles. The summed E-state index contributed by atoms with van der Waals surface area (Å²) >= 11 is 0. The van der Waals surface area contributed by atoms with Crippen molar-refractivity contribution in [1.29, 1.82) is 0 Å². The lowest BCUT2D eigenvalue weighted by atomic mass is 9.92. The number of likely N-dealkylation sites (tertiary alicyclic amines) is 1. The Labute approximate surface area is 161 Å². The average Bonchev–Trinajstić information content (AvgIpc) is 3.10. The fraction of sp³-hybridized carbons (Fsp3) is 0.409. The second-order valence-corrected chi connectivity index (χ2v) is 7.70. The Bertz CT molecular complexity index is 793. The summed E-state index contributed by atoms with van der Waals surface area (Å²) in [4.78, 5) is 19.4. The molecular formula is C22H27N3O2. The van der Waals surface area contributed by atoms with Crippen molar-refractivity contribution in [2.24, 2.45) is 0 Å². The normalized spacial score (nSPS) is 23.9. The molecule has 142 valence electrons. The van der Waals surface area contributed by atoms with Crippen molar-refractivity contribution < 1.29 is 9.53 Å². The Morgan fingerprint density at radius 2 is 1.78 bits per heavy atom. The van der Waals surface area contributed by atoms with Crippen molar-refractivity contribution in [3.63, 3.8) is 0 Å². The number of methoxy groups -OCH3 is 1. The van der Waals surface area contributed by atoms with Crippen LogP contribution in [0.4, 0.5) is 5.69 Å². The highest BCUT2D eigenvalue weighted by molar-refractivity contribution is 5.96. The van der Waals surface area contributed by atoms with Gasteiger partial charge in [-0.25, -0.2) is 0 Å². The lowest BCUT2D eigenvalue weighted by molar-refractivity contribution is -0.123. The van der Waals surface area contributed by atoms with Crippen LogP contribution in [-0.4, -0.2) is 61.6 Å². The van der Waals surface area contributed by atoms with E-state index in [4.69, 9.17) is 4.74 Å². The van der Waals surface area contributed by atoms with Crippen molar-refractivity contribution in [2.45, 2.75) is 18.5 Å². The molecule has 1 spiro atoms. The van der Waals surface area contributed by atoms with Crippen LogP contribution in [0.25, 0.3) is 0 Å². The quantitative estimate of drug-likeness (QED) is 0.835. The van der Waals surface area contributed by atoms with Crippen LogP contribution in [-0.2, 0) is 11.3 Å². The van der Waals surface area contributed by atoms with Crippen molar-refractivity contribution >= 4 is 11.6 Å². The summed E-state index contributed by atoms with van der Waals surface area (Å²) < 4.78 is 5.25. The van der Waals surface area contributed by atoms with Gasteiger partial charge in [-0.2, -0.15) is 0 Å². The van der Waals surface area contributed by atoms with Gasteiger partial charge in [0.2, 0.25) is 5.91 Å². The zero-order valence-electron chi connectivity index (χ0n) is 16.1. The van der Waals surface area contributed by atoms with Crippen LogP contribution in [0, 0.1) is 0 Å². The van der Waals surface area contributed by atoms with Crippen molar-refractivity contribution in [2.75, 3.05) is 45.2 Å². The van der Waals surface area contributed by atoms with Gasteiger partial charge >= 0.3 is 0 Å². The average molecular weight is 365 g/mol. The molecule has 0 N–H and O–H groups in total. The third kappa shape index (κ3) is 3.57. The standard InChI is InChI=1S/C22H27N3O2/c1-23-15-21(26)25(19-6-4-3-5-7-19)17-22(23)12-13-24(16-22)14-18-8-10-20(27-2)11-9-18/h3-11H,12-17H2,1-2H3/t22-/m0/s1. The Kier molecular flexibility index (Phi) is 4.89. The SMILES string of the molecule is COc1ccc(CN2CC[C@]3(C2)CN(c2ccccc2)C(=O)CN3C)cc1. The van der Waals surface area contributed by atoms with E-state index in [9.17, 15) is 4.79 Å². The first kappa shape index (κ1) is 18.0. The van der Waals surface area contributed by atoms with E-state index >= 15 is 0 Å². The number of amides is 1. The zero-order valence-corrected chi connectivity index (χ0v) is 16.1. The summed E-state index contributed by atoms with van der Waals surface area (Å²) in [6.07, 6.45) is 1.08. The highest BCUT2D eigenvalue weighted by Gasteiger charge is 2.47. The first-order chi connectivity index (χ1) is 13.1. The number of carbonyl (C=O) groups is 1. The Morgan fingerprint density at radius 1 is 1.04 bits per heavy atom. The highest BCUT2D eigenvalue weighted by atomic mass is 16.5. The fourth-order valence-electron chi connectivity index (χ4n) is 4.31. The molecule has 2 aliphatic rings. The van der Waals surface area contributed by atoms with Gasteiger partial charge in [0.25, 0.3) is 0 Å². The summed E-state index contributed by atoms with van der Waals surface area (Å²) in [5.41, 5.74) is 2.32. The molecule has 27 heavy (non-hydrogen) atoms. The molecule has 0 unspecified atom stereocenters. The smallest absolute Gasteiger partial charge is 0.241 e. The minimum absolute atomic E-state index is 0.0240. The number of ether oxygens (including phenoxy) is 1. The molecule has 1 amide bonds. The van der Waals surface area contributed by atoms with Gasteiger partial charge < -0.3 is 9.64 Å². The summed E-state index contributed by atoms with van der Waals surface area (Å²) in [6, 6.07) is 18.3. The van der Waals surface area contributed by atoms with Crippen molar-refractivity contribution in [3.05, 3.63) is 60.2 Å². The lowest BCUT2D eigenvalue weighted by Gasteiger charge is -2.47. The number of para-hydroxylation sites is 1. The van der Waals surface area contributed by atoms with Gasteiger partial charge in [0.15, 0.2) is 0 Å². The number of hydrogen-bond acceptors (Lipinski definition) is 4. The highest BCUT2D eigenvalue weighted by Crippen LogP contribution is 2.34. The van der Waals surface area contributed by atoms with E-state index in [0.29, 0.717) is 6.54 Å². The van der Waals surface area contributed by atoms with Gasteiger partial charge in [0.05, 0.1) is 19.2 Å². The third-order valence-electron chi connectivity index (χ3n) is 5.98. The summed E-state index contributed by atoms with van der Waals surface area (Å²) in [5.74, 6) is 1.07. The maximum Gasteiger partial charge on any atom is 0.241 e. The van der Waals surface area contributed by atoms with Crippen molar-refractivity contribution in [3.8, 4) is 5.75 Å². The van der Waals surface area contributed by atoms with Gasteiger partial charge in [-0.3, -0.25) is 14.6 Å². The number of benzene rings is 2. The van der Waals surface area contributed by atoms with Gasteiger partial charge in [-0.05, 0) is 43.3 Å². The second-order valence-electron chi connectivity index (χ2n) is 7.70. The molecule has 0 saturated carbocycles. The van der Waals surface area contributed by atoms with Gasteiger partial charge in [-0.15, -0.1) is 0 Å². The van der Waals surface area contributed by atoms with Crippen molar-refractivity contribution in [1.82, 2.24) is 9.80 Å². The summed E-state index contributed by atoms with van der Waals surface area (Å²) in [6.45, 7) is 4.19. The van der Waals surface area contributed by atoms with Crippen LogP contribution in [0.3, 0.4) is 0 Å². The predicted octanol–water partition coefficient (Wildman–Crippen LogP) is 2.62. The molecule has 4 rings (SSSR count). The molecule has 0 bridgehead atoms. The van der Waals surface area contributed by atoms with E-state index in [1.165, 1.54) is 5.56 Å². The third-order valence-corrected chi connectivity index (χ3v) is 5.98. The van der Waals surface area contributed by atoms with E-state index in [1.54, 1.807) is 7.11 Å². The number of rotatable bonds is 4. The Hall–Kier alpha value is -2.37. The molecule has 0 radical (unpaired) electrons. The van der Waals surface area contributed by atoms with E-state index in [-0.39, 0.29) is 11.4 Å². The number of likely N-dealkylation sites (N-methyl/N-ethyl adjacent to an activating group) is 1. The zero-order chi connectivity index (χ0) is 18.9. The molecular weight excluding hydrogens is 338 g/mol. The van der Waals surface area contributed by atoms with E-state index in [1.807, 2.05) is 47.4 Å². The van der Waals surface area contributed by atoms with E-state index < -0.39 is 0 Å². The van der Waals surface area contributed by atoms with Crippen LogP contribution >= 0.6 is 0 Å². The number of anilines is 1. The molecule has 5 heteroatoms. The van der Waals surface area contributed by atoms with E-state index in [2.05, 4.69) is 29.0 Å². The predicted molar refractivity (Wildman–Crippen MR) is 107 cm³/mol. The van der Waals surface area contributed by atoms with Crippen LogP contribution in [0.15, 0.2) is 54.6 Å². The van der Waals surface area contributed by atoms with Crippen LogP contribution < -0.4 is 9.64 Å². The summed E-state index contributed by atoms with van der Waals surface area (Å²) in [7, 11) is 3.79. The van der Waals surface area contributed by atoms with Gasteiger partial charge in [-0.1, -0.05) is 30.3 Å². The molecule has 2 aliphatic heterocycles. The molecule has 2 aromatic carbocycles. The molecule has 2 fully saturated rings. The Balaban J connectivity index is 1.48. The van der Waals surface area contributed by atoms with Gasteiger partial charge in [0, 0.05) is 31.9 Å². The molecule has 2 aromatic rings. The molecule has 5 nitrogen and oxygen atoms in total. The second kappa shape index (κ2) is 7.33.